The van der Waals surface area contributed by atoms with Gasteiger partial charge in [0.2, 0.25) is 5.91 Å². The van der Waals surface area contributed by atoms with Crippen LogP contribution in [-0.4, -0.2) is 53.5 Å². The maximum Gasteiger partial charge on any atom is 0.255 e. The standard InChI is InChI=1S/C19H17Cl2FN2O2S/c20-13-1-4-15(5-2-13)27-12-18(25)23-7-9-24(10-8-23)19(26)16-6-3-14(22)11-17(16)21/h1-6,11H,7-10,12H2. The molecule has 1 saturated heterocycles. The van der Waals surface area contributed by atoms with Crippen LogP contribution in [0.5, 0.6) is 0 Å². The van der Waals surface area contributed by atoms with Gasteiger partial charge in [-0.25, -0.2) is 4.39 Å². The summed E-state index contributed by atoms with van der Waals surface area (Å²) >= 11 is 13.3. The number of thioether (sulfide) groups is 1. The molecule has 2 aromatic carbocycles. The molecule has 0 aromatic heterocycles. The van der Waals surface area contributed by atoms with Gasteiger partial charge in [-0.3, -0.25) is 9.59 Å². The lowest BCUT2D eigenvalue weighted by Gasteiger charge is -2.35. The van der Waals surface area contributed by atoms with Crippen LogP contribution >= 0.6 is 35.0 Å². The largest absolute Gasteiger partial charge is 0.338 e. The van der Waals surface area contributed by atoms with Crippen molar-refractivity contribution in [3.63, 3.8) is 0 Å². The van der Waals surface area contributed by atoms with Crippen LogP contribution in [0.3, 0.4) is 0 Å². The summed E-state index contributed by atoms with van der Waals surface area (Å²) in [5.74, 6) is -0.367. The highest BCUT2D eigenvalue weighted by atomic mass is 35.5. The molecule has 3 rings (SSSR count). The maximum atomic E-state index is 13.1. The van der Waals surface area contributed by atoms with Crippen molar-refractivity contribution in [1.29, 1.82) is 0 Å². The minimum atomic E-state index is -0.481. The molecule has 0 spiro atoms. The molecule has 0 bridgehead atoms. The number of piperazine rings is 1. The number of benzene rings is 2. The number of rotatable bonds is 4. The smallest absolute Gasteiger partial charge is 0.255 e. The SMILES string of the molecule is O=C(CSc1ccc(Cl)cc1)N1CCN(C(=O)c2ccc(F)cc2Cl)CC1. The second-order valence-electron chi connectivity index (χ2n) is 6.04. The van der Waals surface area contributed by atoms with E-state index < -0.39 is 5.82 Å². The average Bonchev–Trinajstić information content (AvgIpc) is 2.67. The summed E-state index contributed by atoms with van der Waals surface area (Å²) in [6.45, 7) is 1.77. The molecular formula is C19H17Cl2FN2O2S. The molecule has 142 valence electrons. The molecule has 2 aromatic rings. The lowest BCUT2D eigenvalue weighted by Crippen LogP contribution is -2.51. The highest BCUT2D eigenvalue weighted by Gasteiger charge is 2.26. The lowest BCUT2D eigenvalue weighted by atomic mass is 10.1. The van der Waals surface area contributed by atoms with Crippen LogP contribution in [0.4, 0.5) is 4.39 Å². The fraction of sp³-hybridized carbons (Fsp3) is 0.263. The molecule has 0 N–H and O–H groups in total. The van der Waals surface area contributed by atoms with E-state index in [1.165, 1.54) is 23.9 Å². The third-order valence-electron chi connectivity index (χ3n) is 4.26. The quantitative estimate of drug-likeness (QED) is 0.687. The van der Waals surface area contributed by atoms with Crippen LogP contribution in [0.1, 0.15) is 10.4 Å². The molecule has 0 unspecified atom stereocenters. The number of halogens is 3. The zero-order valence-corrected chi connectivity index (χ0v) is 16.7. The summed E-state index contributed by atoms with van der Waals surface area (Å²) < 4.78 is 13.1. The summed E-state index contributed by atoms with van der Waals surface area (Å²) in [5.41, 5.74) is 0.274. The molecule has 1 aliphatic heterocycles. The fourth-order valence-corrected chi connectivity index (χ4v) is 3.93. The molecule has 2 amide bonds. The van der Waals surface area contributed by atoms with Gasteiger partial charge in [0.05, 0.1) is 16.3 Å². The zero-order valence-electron chi connectivity index (χ0n) is 14.3. The Kier molecular flexibility index (Phi) is 6.63. The Morgan fingerprint density at radius 3 is 2.22 bits per heavy atom. The number of carbonyl (C=O) groups excluding carboxylic acids is 2. The molecule has 1 aliphatic rings. The number of carbonyl (C=O) groups is 2. The summed E-state index contributed by atoms with van der Waals surface area (Å²) in [4.78, 5) is 29.3. The first kappa shape index (κ1) is 20.0. The van der Waals surface area contributed by atoms with E-state index in [0.29, 0.717) is 37.0 Å². The Bertz CT molecular complexity index is 840. The monoisotopic (exact) mass is 426 g/mol. The molecule has 1 heterocycles. The molecule has 1 fully saturated rings. The number of hydrogen-bond acceptors (Lipinski definition) is 3. The highest BCUT2D eigenvalue weighted by Crippen LogP contribution is 2.22. The molecule has 27 heavy (non-hydrogen) atoms. The van der Waals surface area contributed by atoms with Gasteiger partial charge in [0.15, 0.2) is 0 Å². The van der Waals surface area contributed by atoms with E-state index >= 15 is 0 Å². The normalized spacial score (nSPS) is 14.3. The summed E-state index contributed by atoms with van der Waals surface area (Å²) in [6.07, 6.45) is 0. The van der Waals surface area contributed by atoms with E-state index in [0.717, 1.165) is 11.0 Å². The molecule has 8 heteroatoms. The van der Waals surface area contributed by atoms with E-state index in [4.69, 9.17) is 23.2 Å². The van der Waals surface area contributed by atoms with Gasteiger partial charge in [-0.2, -0.15) is 0 Å². The van der Waals surface area contributed by atoms with Crippen LogP contribution < -0.4 is 0 Å². The molecule has 0 atom stereocenters. The minimum absolute atomic E-state index is 0.0295. The number of nitrogens with zero attached hydrogens (tertiary/aromatic N) is 2. The molecule has 0 saturated carbocycles. The molecular weight excluding hydrogens is 410 g/mol. The summed E-state index contributed by atoms with van der Waals surface area (Å²) in [7, 11) is 0. The van der Waals surface area contributed by atoms with Gasteiger partial charge < -0.3 is 9.80 Å². The van der Waals surface area contributed by atoms with Gasteiger partial charge in [-0.15, -0.1) is 11.8 Å². The average molecular weight is 427 g/mol. The second-order valence-corrected chi connectivity index (χ2v) is 7.93. The van der Waals surface area contributed by atoms with Crippen LogP contribution in [-0.2, 0) is 4.79 Å². The fourth-order valence-electron chi connectivity index (χ4n) is 2.76. The van der Waals surface area contributed by atoms with Crippen molar-refractivity contribution in [2.24, 2.45) is 0 Å². The Morgan fingerprint density at radius 2 is 1.59 bits per heavy atom. The molecule has 4 nitrogen and oxygen atoms in total. The van der Waals surface area contributed by atoms with Crippen molar-refractivity contribution in [3.05, 3.63) is 63.9 Å². The second kappa shape index (κ2) is 8.95. The summed E-state index contributed by atoms with van der Waals surface area (Å²) in [6, 6.07) is 11.1. The van der Waals surface area contributed by atoms with Crippen molar-refractivity contribution in [2.45, 2.75) is 4.90 Å². The van der Waals surface area contributed by atoms with Crippen molar-refractivity contribution in [2.75, 3.05) is 31.9 Å². The number of amides is 2. The topological polar surface area (TPSA) is 40.6 Å². The molecule has 0 radical (unpaired) electrons. The van der Waals surface area contributed by atoms with E-state index in [2.05, 4.69) is 0 Å². The summed E-state index contributed by atoms with van der Waals surface area (Å²) in [5, 5.41) is 0.755. The van der Waals surface area contributed by atoms with E-state index in [1.54, 1.807) is 21.9 Å². The first-order valence-electron chi connectivity index (χ1n) is 8.34. The van der Waals surface area contributed by atoms with Gasteiger partial charge >= 0.3 is 0 Å². The van der Waals surface area contributed by atoms with Gasteiger partial charge in [0.1, 0.15) is 5.82 Å². The van der Waals surface area contributed by atoms with E-state index in [9.17, 15) is 14.0 Å². The third-order valence-corrected chi connectivity index (χ3v) is 5.82. The Balaban J connectivity index is 1.51. The Morgan fingerprint density at radius 1 is 0.963 bits per heavy atom. The van der Waals surface area contributed by atoms with Gasteiger partial charge in [0.25, 0.3) is 5.91 Å². The van der Waals surface area contributed by atoms with E-state index in [1.807, 2.05) is 12.1 Å². The first-order chi connectivity index (χ1) is 12.9. The van der Waals surface area contributed by atoms with Gasteiger partial charge in [-0.1, -0.05) is 23.2 Å². The number of hydrogen-bond donors (Lipinski definition) is 0. The van der Waals surface area contributed by atoms with E-state index in [-0.39, 0.29) is 22.4 Å². The first-order valence-corrected chi connectivity index (χ1v) is 10.1. The van der Waals surface area contributed by atoms with Crippen LogP contribution in [0.25, 0.3) is 0 Å². The Hall–Kier alpha value is -1.76. The van der Waals surface area contributed by atoms with Crippen molar-refractivity contribution in [3.8, 4) is 0 Å². The predicted octanol–water partition coefficient (Wildman–Crippen LogP) is 4.21. The maximum absolute atomic E-state index is 13.1. The van der Waals surface area contributed by atoms with Crippen molar-refractivity contribution >= 4 is 46.8 Å². The van der Waals surface area contributed by atoms with Crippen molar-refractivity contribution in [1.82, 2.24) is 9.80 Å². The van der Waals surface area contributed by atoms with Crippen LogP contribution in [0.2, 0.25) is 10.0 Å². The zero-order chi connectivity index (χ0) is 19.4. The van der Waals surface area contributed by atoms with Gasteiger partial charge in [0, 0.05) is 36.1 Å². The Labute approximate surface area is 171 Å². The third kappa shape index (κ3) is 5.15. The predicted molar refractivity (Wildman–Crippen MR) is 106 cm³/mol. The minimum Gasteiger partial charge on any atom is -0.338 e. The van der Waals surface area contributed by atoms with Crippen LogP contribution in [0, 0.1) is 5.82 Å². The van der Waals surface area contributed by atoms with Gasteiger partial charge in [-0.05, 0) is 42.5 Å². The molecule has 0 aliphatic carbocycles. The van der Waals surface area contributed by atoms with Crippen molar-refractivity contribution < 1.29 is 14.0 Å². The van der Waals surface area contributed by atoms with Crippen LogP contribution in [0.15, 0.2) is 47.4 Å². The highest BCUT2D eigenvalue weighted by molar-refractivity contribution is 8.00. The lowest BCUT2D eigenvalue weighted by molar-refractivity contribution is -0.129.